The van der Waals surface area contributed by atoms with Crippen LogP contribution >= 0.6 is 0 Å². The van der Waals surface area contributed by atoms with Crippen LogP contribution in [0.3, 0.4) is 0 Å². The summed E-state index contributed by atoms with van der Waals surface area (Å²) in [6.45, 7) is 9.29. The van der Waals surface area contributed by atoms with E-state index < -0.39 is 0 Å². The second-order valence-corrected chi connectivity index (χ2v) is 5.42. The third-order valence-electron chi connectivity index (χ3n) is 3.95. The highest BCUT2D eigenvalue weighted by Gasteiger charge is 2.23. The molecule has 0 atom stereocenters. The van der Waals surface area contributed by atoms with E-state index in [9.17, 15) is 0 Å². The summed E-state index contributed by atoms with van der Waals surface area (Å²) in [5, 5.41) is 3.30. The minimum Gasteiger partial charge on any atom is -0.374 e. The fourth-order valence-corrected chi connectivity index (χ4v) is 2.98. The molecular weight excluding hydrogens is 264 g/mol. The summed E-state index contributed by atoms with van der Waals surface area (Å²) in [4.78, 5) is 11.7. The Morgan fingerprint density at radius 2 is 2.00 bits per heavy atom. The fourth-order valence-electron chi connectivity index (χ4n) is 2.98. The van der Waals surface area contributed by atoms with Crippen LogP contribution in [0, 0.1) is 0 Å². The maximum Gasteiger partial charge on any atom is 0.158 e. The lowest BCUT2D eigenvalue weighted by Crippen LogP contribution is -2.34. The lowest BCUT2D eigenvalue weighted by atomic mass is 10.2. The molecule has 1 heterocycles. The van der Waals surface area contributed by atoms with E-state index in [2.05, 4.69) is 35.1 Å². The summed E-state index contributed by atoms with van der Waals surface area (Å²) in [7, 11) is 0. The lowest BCUT2D eigenvalue weighted by Gasteiger charge is -2.29. The molecule has 1 aliphatic carbocycles. The number of hydrogen-bond donors (Lipinski definition) is 1. The van der Waals surface area contributed by atoms with Gasteiger partial charge >= 0.3 is 0 Å². The minimum atomic E-state index is 0.477. The van der Waals surface area contributed by atoms with Crippen LogP contribution in [-0.2, 0) is 11.3 Å². The lowest BCUT2D eigenvalue weighted by molar-refractivity contribution is 0.128. The van der Waals surface area contributed by atoms with Crippen molar-refractivity contribution in [1.82, 2.24) is 9.97 Å². The standard InChI is InChI=1S/C16H28N4O/c1-4-17-14-11-16(19-15(18-14)12-21-6-3)20(5-2)13-9-7-8-10-13/h11,13H,4-10,12H2,1-3H3,(H,17,18,19). The minimum absolute atomic E-state index is 0.477. The second kappa shape index (κ2) is 8.17. The van der Waals surface area contributed by atoms with Crippen LogP contribution in [0.25, 0.3) is 0 Å². The first-order chi connectivity index (χ1) is 10.3. The van der Waals surface area contributed by atoms with E-state index in [-0.39, 0.29) is 0 Å². The Balaban J connectivity index is 2.23. The van der Waals surface area contributed by atoms with Gasteiger partial charge in [-0.1, -0.05) is 12.8 Å². The summed E-state index contributed by atoms with van der Waals surface area (Å²) in [5.74, 6) is 2.69. The van der Waals surface area contributed by atoms with E-state index >= 15 is 0 Å². The largest absolute Gasteiger partial charge is 0.374 e. The molecule has 0 saturated heterocycles. The monoisotopic (exact) mass is 292 g/mol. The molecule has 0 aliphatic heterocycles. The normalized spacial score (nSPS) is 15.4. The fraction of sp³-hybridized carbons (Fsp3) is 0.750. The van der Waals surface area contributed by atoms with Crippen LogP contribution in [0.15, 0.2) is 6.07 Å². The third kappa shape index (κ3) is 4.30. The van der Waals surface area contributed by atoms with Crippen molar-refractivity contribution in [3.63, 3.8) is 0 Å². The molecule has 1 aliphatic rings. The van der Waals surface area contributed by atoms with Gasteiger partial charge in [0.25, 0.3) is 0 Å². The quantitative estimate of drug-likeness (QED) is 0.797. The molecule has 0 aromatic carbocycles. The highest BCUT2D eigenvalue weighted by molar-refractivity contribution is 5.50. The predicted molar refractivity (Wildman–Crippen MR) is 86.8 cm³/mol. The zero-order valence-electron chi connectivity index (χ0n) is 13.6. The number of aromatic nitrogens is 2. The number of nitrogens with one attached hydrogen (secondary N) is 1. The predicted octanol–water partition coefficient (Wildman–Crippen LogP) is 3.21. The zero-order valence-corrected chi connectivity index (χ0v) is 13.6. The number of hydrogen-bond acceptors (Lipinski definition) is 5. The Hall–Kier alpha value is -1.36. The molecule has 5 heteroatoms. The smallest absolute Gasteiger partial charge is 0.158 e. The molecule has 1 fully saturated rings. The molecule has 0 spiro atoms. The molecule has 0 amide bonds. The van der Waals surface area contributed by atoms with Gasteiger partial charge in [0.15, 0.2) is 5.82 Å². The summed E-state index contributed by atoms with van der Waals surface area (Å²) in [6, 6.07) is 2.69. The molecule has 0 radical (unpaired) electrons. The topological polar surface area (TPSA) is 50.3 Å². The average molecular weight is 292 g/mol. The van der Waals surface area contributed by atoms with Crippen molar-refractivity contribution in [3.8, 4) is 0 Å². The summed E-state index contributed by atoms with van der Waals surface area (Å²) in [6.07, 6.45) is 5.21. The van der Waals surface area contributed by atoms with E-state index in [0.29, 0.717) is 19.3 Å². The van der Waals surface area contributed by atoms with Gasteiger partial charge in [-0.05, 0) is 33.6 Å². The molecule has 21 heavy (non-hydrogen) atoms. The third-order valence-corrected chi connectivity index (χ3v) is 3.95. The maximum absolute atomic E-state index is 5.48. The van der Waals surface area contributed by atoms with E-state index in [0.717, 1.165) is 30.5 Å². The highest BCUT2D eigenvalue weighted by atomic mass is 16.5. The maximum atomic E-state index is 5.48. The van der Waals surface area contributed by atoms with Crippen molar-refractivity contribution in [2.24, 2.45) is 0 Å². The van der Waals surface area contributed by atoms with E-state index in [1.54, 1.807) is 0 Å². The molecule has 1 N–H and O–H groups in total. The van der Waals surface area contributed by atoms with Crippen LogP contribution in [0.1, 0.15) is 52.3 Å². The molecular formula is C16H28N4O. The van der Waals surface area contributed by atoms with Crippen molar-refractivity contribution in [1.29, 1.82) is 0 Å². The molecule has 1 aromatic rings. The molecule has 5 nitrogen and oxygen atoms in total. The number of anilines is 2. The van der Waals surface area contributed by atoms with Gasteiger partial charge in [0.05, 0.1) is 0 Å². The van der Waals surface area contributed by atoms with Crippen LogP contribution in [-0.4, -0.2) is 35.7 Å². The van der Waals surface area contributed by atoms with Gasteiger partial charge in [0.1, 0.15) is 18.2 Å². The van der Waals surface area contributed by atoms with Crippen molar-refractivity contribution >= 4 is 11.6 Å². The molecule has 1 saturated carbocycles. The van der Waals surface area contributed by atoms with Gasteiger partial charge in [-0.2, -0.15) is 0 Å². The van der Waals surface area contributed by atoms with Gasteiger partial charge < -0.3 is 15.0 Å². The van der Waals surface area contributed by atoms with Crippen molar-refractivity contribution < 1.29 is 4.74 Å². The zero-order chi connectivity index (χ0) is 15.1. The Labute approximate surface area is 128 Å². The second-order valence-electron chi connectivity index (χ2n) is 5.42. The first-order valence-electron chi connectivity index (χ1n) is 8.24. The molecule has 2 rings (SSSR count). The van der Waals surface area contributed by atoms with Gasteiger partial charge in [0.2, 0.25) is 0 Å². The van der Waals surface area contributed by atoms with Crippen molar-refractivity contribution in [2.75, 3.05) is 29.9 Å². The van der Waals surface area contributed by atoms with Gasteiger partial charge in [-0.3, -0.25) is 0 Å². The Bertz CT molecular complexity index is 432. The van der Waals surface area contributed by atoms with Crippen LogP contribution in [0.4, 0.5) is 11.6 Å². The van der Waals surface area contributed by atoms with Gasteiger partial charge in [-0.15, -0.1) is 0 Å². The first-order valence-corrected chi connectivity index (χ1v) is 8.24. The Kier molecular flexibility index (Phi) is 6.23. The first kappa shape index (κ1) is 16.0. The highest BCUT2D eigenvalue weighted by Crippen LogP contribution is 2.28. The van der Waals surface area contributed by atoms with Crippen molar-refractivity contribution in [3.05, 3.63) is 11.9 Å². The summed E-state index contributed by atoms with van der Waals surface area (Å²) < 4.78 is 5.48. The van der Waals surface area contributed by atoms with Crippen LogP contribution < -0.4 is 10.2 Å². The Morgan fingerprint density at radius 3 is 2.62 bits per heavy atom. The van der Waals surface area contributed by atoms with E-state index in [1.165, 1.54) is 25.7 Å². The number of ether oxygens (including phenoxy) is 1. The SMILES string of the molecule is CCNc1cc(N(CC)C2CCCC2)nc(COCC)n1. The molecule has 1 aromatic heterocycles. The number of rotatable bonds is 8. The molecule has 0 bridgehead atoms. The molecule has 0 unspecified atom stereocenters. The Morgan fingerprint density at radius 1 is 1.24 bits per heavy atom. The van der Waals surface area contributed by atoms with Gasteiger partial charge in [-0.25, -0.2) is 9.97 Å². The van der Waals surface area contributed by atoms with E-state index in [4.69, 9.17) is 9.72 Å². The average Bonchev–Trinajstić information content (AvgIpc) is 3.00. The van der Waals surface area contributed by atoms with E-state index in [1.807, 2.05) is 6.92 Å². The number of nitrogens with zero attached hydrogens (tertiary/aromatic N) is 3. The van der Waals surface area contributed by atoms with Crippen molar-refractivity contribution in [2.45, 2.75) is 59.1 Å². The van der Waals surface area contributed by atoms with Crippen LogP contribution in [0.5, 0.6) is 0 Å². The summed E-state index contributed by atoms with van der Waals surface area (Å²) >= 11 is 0. The van der Waals surface area contributed by atoms with Crippen LogP contribution in [0.2, 0.25) is 0 Å². The summed E-state index contributed by atoms with van der Waals surface area (Å²) in [5.41, 5.74) is 0. The molecule has 118 valence electrons. The van der Waals surface area contributed by atoms with Gasteiger partial charge in [0, 0.05) is 31.8 Å².